The molecule has 3 nitrogen and oxygen atoms in total. The molecule has 9 heteroatoms. The summed E-state index contributed by atoms with van der Waals surface area (Å²) in [7, 11) is -3.72. The van der Waals surface area contributed by atoms with E-state index in [1.807, 2.05) is 0 Å². The van der Waals surface area contributed by atoms with Crippen LogP contribution in [0, 0.1) is 5.92 Å². The molecule has 0 saturated carbocycles. The van der Waals surface area contributed by atoms with Gasteiger partial charge >= 0.3 is 6.18 Å². The molecular weight excluding hydrogens is 478 g/mol. The third-order valence-electron chi connectivity index (χ3n) is 9.40. The van der Waals surface area contributed by atoms with Gasteiger partial charge in [0.15, 0.2) is 8.32 Å². The van der Waals surface area contributed by atoms with E-state index >= 15 is 0 Å². The fraction of sp³-hybridized carbons (Fsp3) is 0.960. The van der Waals surface area contributed by atoms with E-state index in [9.17, 15) is 22.4 Å². The number of alkyl halides is 4. The minimum absolute atomic E-state index is 0.0328. The van der Waals surface area contributed by atoms with Gasteiger partial charge in [-0.05, 0) is 50.2 Å². The highest BCUT2D eigenvalue weighted by atomic mass is 28.4. The number of unbranched alkanes of at least 4 members (excludes halogenated alkanes) is 1. The van der Waals surface area contributed by atoms with Crippen LogP contribution in [0.4, 0.5) is 17.6 Å². The highest BCUT2D eigenvalue weighted by Crippen LogP contribution is 2.56. The molecule has 0 spiro atoms. The van der Waals surface area contributed by atoms with Crippen molar-refractivity contribution in [1.29, 1.82) is 0 Å². The van der Waals surface area contributed by atoms with Crippen LogP contribution in [0.25, 0.3) is 0 Å². The van der Waals surface area contributed by atoms with Crippen molar-refractivity contribution in [3.05, 3.63) is 0 Å². The number of carbonyl (C=O) groups is 1. The van der Waals surface area contributed by atoms with Crippen LogP contribution < -0.4 is 5.32 Å². The predicted octanol–water partition coefficient (Wildman–Crippen LogP) is 8.17. The van der Waals surface area contributed by atoms with E-state index < -0.39 is 40.1 Å². The summed E-state index contributed by atoms with van der Waals surface area (Å²) in [5.41, 5.74) is -3.86. The van der Waals surface area contributed by atoms with E-state index in [0.717, 1.165) is 32.2 Å². The molecule has 2 unspecified atom stereocenters. The molecule has 34 heavy (non-hydrogen) atoms. The minimum Gasteiger partial charge on any atom is -0.414 e. The molecule has 1 heterocycles. The van der Waals surface area contributed by atoms with Gasteiger partial charge in [0.1, 0.15) is 0 Å². The lowest BCUT2D eigenvalue weighted by atomic mass is 9.87. The molecule has 0 radical (unpaired) electrons. The summed E-state index contributed by atoms with van der Waals surface area (Å²) in [5.74, 6) is -3.01. The van der Waals surface area contributed by atoms with Gasteiger partial charge in [0, 0.05) is 17.7 Å². The van der Waals surface area contributed by atoms with Crippen LogP contribution in [-0.2, 0) is 9.22 Å². The molecule has 1 saturated heterocycles. The molecule has 1 aliphatic heterocycles. The van der Waals surface area contributed by atoms with Crippen molar-refractivity contribution in [1.82, 2.24) is 5.32 Å². The first-order valence-electron chi connectivity index (χ1n) is 13.1. The maximum absolute atomic E-state index is 14.9. The van der Waals surface area contributed by atoms with E-state index in [1.54, 1.807) is 0 Å². The number of halogens is 4. The lowest BCUT2D eigenvalue weighted by Gasteiger charge is -2.47. The van der Waals surface area contributed by atoms with E-state index in [0.29, 0.717) is 6.42 Å². The molecule has 0 aromatic rings. The molecule has 0 aromatic carbocycles. The number of hydrogen-bond acceptors (Lipinski definition) is 2. The number of rotatable bonds is 13. The Morgan fingerprint density at radius 2 is 1.76 bits per heavy atom. The smallest absolute Gasteiger partial charge is 0.414 e. The largest absolute Gasteiger partial charge is 0.431 e. The van der Waals surface area contributed by atoms with Gasteiger partial charge in [-0.15, -0.1) is 0 Å². The first-order valence-corrected chi connectivity index (χ1v) is 19.0. The van der Waals surface area contributed by atoms with Crippen LogP contribution in [0.15, 0.2) is 0 Å². The normalized spacial score (nSPS) is 28.3. The molecule has 5 atom stereocenters. The standard InChI is InChI=1S/C25H49F4NO2Si2/c1-10-13-18-33(7,8)23(6)16-19-34(9,32-23)22(5,12-3)15-14-17-30-21(31)24(26,20(4)11-2)25(27,28)29/h20H,10-19H2,1-9H3,(H,30,31)/t20?,22-,23-,24-,34?/m1/s1. The second-order valence-electron chi connectivity index (χ2n) is 11.8. The van der Waals surface area contributed by atoms with E-state index in [4.69, 9.17) is 4.43 Å². The Labute approximate surface area is 207 Å². The lowest BCUT2D eigenvalue weighted by molar-refractivity contribution is -0.240. The minimum atomic E-state index is -5.23. The SMILES string of the molecule is CCCC[Si](C)(C)[C@]1(C)CC[Si](C)([C@](C)(CC)CCCNC(=O)[C@](F)(C(C)CC)C(F)(F)F)O1. The number of carbonyl (C=O) groups excluding carboxylic acids is 1. The summed E-state index contributed by atoms with van der Waals surface area (Å²) in [6.45, 7) is 18.7. The molecule has 1 N–H and O–H groups in total. The van der Waals surface area contributed by atoms with Crippen molar-refractivity contribution >= 4 is 22.3 Å². The van der Waals surface area contributed by atoms with Gasteiger partial charge in [-0.2, -0.15) is 13.2 Å². The third kappa shape index (κ3) is 6.10. The van der Waals surface area contributed by atoms with Crippen LogP contribution >= 0.6 is 0 Å². The van der Waals surface area contributed by atoms with Gasteiger partial charge in [0.05, 0.1) is 8.07 Å². The highest BCUT2D eigenvalue weighted by Gasteiger charge is 2.64. The molecule has 1 rings (SSSR count). The monoisotopic (exact) mass is 527 g/mol. The van der Waals surface area contributed by atoms with Crippen LogP contribution in [-0.4, -0.2) is 45.9 Å². The molecule has 202 valence electrons. The molecule has 1 amide bonds. The van der Waals surface area contributed by atoms with Crippen LogP contribution in [0.3, 0.4) is 0 Å². The maximum Gasteiger partial charge on any atom is 0.431 e. The maximum atomic E-state index is 14.9. The Hall–Kier alpha value is -0.416. The van der Waals surface area contributed by atoms with E-state index in [-0.39, 0.29) is 23.2 Å². The summed E-state index contributed by atoms with van der Waals surface area (Å²) in [4.78, 5) is 12.3. The van der Waals surface area contributed by atoms with Crippen molar-refractivity contribution < 1.29 is 26.8 Å². The van der Waals surface area contributed by atoms with Gasteiger partial charge < -0.3 is 9.74 Å². The number of amides is 1. The van der Waals surface area contributed by atoms with Gasteiger partial charge in [-0.1, -0.05) is 73.0 Å². The zero-order valence-electron chi connectivity index (χ0n) is 23.0. The topological polar surface area (TPSA) is 38.3 Å². The van der Waals surface area contributed by atoms with Crippen molar-refractivity contribution in [2.75, 3.05) is 6.54 Å². The van der Waals surface area contributed by atoms with Crippen molar-refractivity contribution in [3.63, 3.8) is 0 Å². The Morgan fingerprint density at radius 1 is 1.18 bits per heavy atom. The Kier molecular flexibility index (Phi) is 10.5. The third-order valence-corrected chi connectivity index (χ3v) is 19.7. The fourth-order valence-corrected chi connectivity index (χ4v) is 14.5. The first-order chi connectivity index (χ1) is 15.4. The number of hydrogen-bond donors (Lipinski definition) is 1. The van der Waals surface area contributed by atoms with Crippen molar-refractivity contribution in [2.45, 2.75) is 140 Å². The highest BCUT2D eigenvalue weighted by molar-refractivity contribution is 6.84. The number of nitrogens with one attached hydrogen (secondary N) is 1. The summed E-state index contributed by atoms with van der Waals surface area (Å²) < 4.78 is 62.2. The van der Waals surface area contributed by atoms with Crippen molar-refractivity contribution in [2.24, 2.45) is 5.92 Å². The fourth-order valence-electron chi connectivity index (χ4n) is 5.40. The summed E-state index contributed by atoms with van der Waals surface area (Å²) in [5, 5.41) is 2.15. The average Bonchev–Trinajstić information content (AvgIpc) is 3.10. The second-order valence-corrected chi connectivity index (χ2v) is 21.5. The summed E-state index contributed by atoms with van der Waals surface area (Å²) in [6.07, 6.45) is 0.348. The van der Waals surface area contributed by atoms with Crippen LogP contribution in [0.5, 0.6) is 0 Å². The zero-order valence-corrected chi connectivity index (χ0v) is 25.0. The van der Waals surface area contributed by atoms with Crippen LogP contribution in [0.1, 0.15) is 86.5 Å². The van der Waals surface area contributed by atoms with Gasteiger partial charge in [0.25, 0.3) is 11.6 Å². The molecule has 1 fully saturated rings. The first kappa shape index (κ1) is 31.6. The lowest BCUT2D eigenvalue weighted by Crippen LogP contribution is -2.57. The zero-order chi connectivity index (χ0) is 26.6. The van der Waals surface area contributed by atoms with Gasteiger partial charge in [0.2, 0.25) is 0 Å². The van der Waals surface area contributed by atoms with E-state index in [2.05, 4.69) is 52.7 Å². The van der Waals surface area contributed by atoms with E-state index in [1.165, 1.54) is 25.8 Å². The average molecular weight is 528 g/mol. The second kappa shape index (κ2) is 11.3. The molecule has 0 aromatic heterocycles. The Balaban J connectivity index is 2.86. The molecule has 1 aliphatic rings. The Bertz CT molecular complexity index is 692. The van der Waals surface area contributed by atoms with Gasteiger partial charge in [-0.3, -0.25) is 4.79 Å². The molecular formula is C25H49F4NO2Si2. The van der Waals surface area contributed by atoms with Crippen molar-refractivity contribution in [3.8, 4) is 0 Å². The summed E-state index contributed by atoms with van der Waals surface area (Å²) in [6, 6.07) is 2.33. The Morgan fingerprint density at radius 3 is 2.24 bits per heavy atom. The molecule has 0 aliphatic carbocycles. The summed E-state index contributed by atoms with van der Waals surface area (Å²) >= 11 is 0. The predicted molar refractivity (Wildman–Crippen MR) is 138 cm³/mol. The van der Waals surface area contributed by atoms with Crippen LogP contribution in [0.2, 0.25) is 36.8 Å². The van der Waals surface area contributed by atoms with Gasteiger partial charge in [-0.25, -0.2) is 4.39 Å². The quantitative estimate of drug-likeness (QED) is 0.149. The molecule has 0 bridgehead atoms.